The van der Waals surface area contributed by atoms with Crippen LogP contribution < -0.4 is 15.1 Å². The number of carbonyl (C=O) groups excluding carboxylic acids is 3. The van der Waals surface area contributed by atoms with Crippen LogP contribution >= 0.6 is 15.9 Å². The first-order chi connectivity index (χ1) is 16.4. The number of hydrogen-bond acceptors (Lipinski definition) is 4. The Hall–Kier alpha value is -3.26. The first-order valence-corrected chi connectivity index (χ1v) is 12.2. The molecule has 0 radical (unpaired) electrons. The molecular weight excluding hydrogens is 513 g/mol. The highest BCUT2D eigenvalue weighted by atomic mass is 79.9. The molecule has 8 heteroatoms. The van der Waals surface area contributed by atoms with E-state index in [0.29, 0.717) is 11.3 Å². The predicted molar refractivity (Wildman–Crippen MR) is 140 cm³/mol. The molecule has 2 aliphatic rings. The molecule has 0 aromatic heterocycles. The SMILES string of the molecule is CCCN1c2cc(F)c(/C=C3/C(=O)NC(=O)N(c4ccc(Br)cc4C)C3=O)cc2C(C)=CC1(C)C. The number of nitrogens with one attached hydrogen (secondary N) is 1. The lowest BCUT2D eigenvalue weighted by molar-refractivity contribution is -0.122. The molecule has 0 spiro atoms. The van der Waals surface area contributed by atoms with Gasteiger partial charge in [-0.3, -0.25) is 14.9 Å². The lowest BCUT2D eigenvalue weighted by Crippen LogP contribution is -2.54. The van der Waals surface area contributed by atoms with Crippen molar-refractivity contribution in [2.75, 3.05) is 16.3 Å². The molecule has 0 bridgehead atoms. The number of benzene rings is 2. The number of nitrogens with zero attached hydrogens (tertiary/aromatic N) is 2. The average Bonchev–Trinajstić information content (AvgIpc) is 2.75. The van der Waals surface area contributed by atoms with Gasteiger partial charge in [-0.1, -0.05) is 28.9 Å². The Labute approximate surface area is 212 Å². The molecule has 2 aromatic rings. The second-order valence-electron chi connectivity index (χ2n) is 9.41. The summed E-state index contributed by atoms with van der Waals surface area (Å²) in [6.45, 7) is 10.7. The number of rotatable bonds is 4. The van der Waals surface area contributed by atoms with Gasteiger partial charge in [-0.25, -0.2) is 14.1 Å². The number of hydrogen-bond donors (Lipinski definition) is 1. The fourth-order valence-corrected chi connectivity index (χ4v) is 5.23. The molecule has 2 heterocycles. The van der Waals surface area contributed by atoms with Gasteiger partial charge in [0.15, 0.2) is 0 Å². The Morgan fingerprint density at radius 1 is 1.09 bits per heavy atom. The predicted octanol–water partition coefficient (Wildman–Crippen LogP) is 5.97. The number of urea groups is 1. The number of halogens is 2. The van der Waals surface area contributed by atoms with Gasteiger partial charge in [0, 0.05) is 27.8 Å². The van der Waals surface area contributed by atoms with E-state index in [-0.39, 0.29) is 16.7 Å². The molecular formula is C27H27BrFN3O3. The molecule has 1 fully saturated rings. The number of barbiturate groups is 1. The molecule has 0 saturated carbocycles. The zero-order chi connectivity index (χ0) is 25.7. The number of allylic oxidation sites excluding steroid dienone is 1. The van der Waals surface area contributed by atoms with Crippen molar-refractivity contribution in [3.05, 3.63) is 69.0 Å². The quantitative estimate of drug-likeness (QED) is 0.383. The third-order valence-electron chi connectivity index (χ3n) is 6.34. The molecule has 182 valence electrons. The largest absolute Gasteiger partial charge is 0.362 e. The second-order valence-corrected chi connectivity index (χ2v) is 10.3. The van der Waals surface area contributed by atoms with E-state index in [1.165, 1.54) is 12.1 Å². The molecule has 1 saturated heterocycles. The third kappa shape index (κ3) is 4.43. The van der Waals surface area contributed by atoms with Gasteiger partial charge in [0.05, 0.1) is 11.2 Å². The first kappa shape index (κ1) is 24.9. The number of anilines is 2. The number of fused-ring (bicyclic) bond motifs is 1. The minimum absolute atomic E-state index is 0.105. The summed E-state index contributed by atoms with van der Waals surface area (Å²) >= 11 is 3.36. The number of carbonyl (C=O) groups is 3. The fourth-order valence-electron chi connectivity index (χ4n) is 4.76. The minimum Gasteiger partial charge on any atom is -0.362 e. The van der Waals surface area contributed by atoms with Crippen LogP contribution in [0.2, 0.25) is 0 Å². The van der Waals surface area contributed by atoms with Gasteiger partial charge in [-0.05, 0) is 81.7 Å². The maximum atomic E-state index is 15.4. The number of aryl methyl sites for hydroxylation is 1. The summed E-state index contributed by atoms with van der Waals surface area (Å²) in [7, 11) is 0. The van der Waals surface area contributed by atoms with Crippen LogP contribution in [-0.4, -0.2) is 29.9 Å². The molecule has 1 N–H and O–H groups in total. The molecule has 4 amide bonds. The topological polar surface area (TPSA) is 69.7 Å². The Morgan fingerprint density at radius 2 is 1.80 bits per heavy atom. The normalized spacial score (nSPS) is 18.5. The van der Waals surface area contributed by atoms with Crippen molar-refractivity contribution in [2.24, 2.45) is 0 Å². The van der Waals surface area contributed by atoms with Crippen molar-refractivity contribution in [3.8, 4) is 0 Å². The van der Waals surface area contributed by atoms with Crippen molar-refractivity contribution in [2.45, 2.75) is 46.6 Å². The number of imide groups is 2. The van der Waals surface area contributed by atoms with Gasteiger partial charge in [0.2, 0.25) is 0 Å². The summed E-state index contributed by atoms with van der Waals surface area (Å²) in [6, 6.07) is 7.35. The van der Waals surface area contributed by atoms with Crippen molar-refractivity contribution in [1.29, 1.82) is 0 Å². The van der Waals surface area contributed by atoms with Crippen LogP contribution in [0.5, 0.6) is 0 Å². The van der Waals surface area contributed by atoms with E-state index in [2.05, 4.69) is 53.0 Å². The fraction of sp³-hybridized carbons (Fsp3) is 0.296. The second kappa shape index (κ2) is 9.07. The van der Waals surface area contributed by atoms with E-state index in [1.807, 2.05) is 6.92 Å². The summed E-state index contributed by atoms with van der Waals surface area (Å²) in [6.07, 6.45) is 4.25. The maximum Gasteiger partial charge on any atom is 0.335 e. The van der Waals surface area contributed by atoms with Crippen molar-refractivity contribution < 1.29 is 18.8 Å². The smallest absolute Gasteiger partial charge is 0.335 e. The molecule has 6 nitrogen and oxygen atoms in total. The van der Waals surface area contributed by atoms with Gasteiger partial charge in [-0.2, -0.15) is 0 Å². The standard InChI is InChI=1S/C27H27BrFN3O3/c1-6-9-31-23-13-21(29)17(11-19(23)16(3)14-27(31,4)5)12-20-24(33)30-26(35)32(25(20)34)22-8-7-18(28)10-15(22)2/h7-8,10-14H,6,9H2,1-5H3,(H,30,33,35)/b20-12-. The summed E-state index contributed by atoms with van der Waals surface area (Å²) in [5.41, 5.74) is 3.12. The first-order valence-electron chi connectivity index (χ1n) is 11.4. The van der Waals surface area contributed by atoms with Crippen LogP contribution in [0, 0.1) is 12.7 Å². The average molecular weight is 540 g/mol. The van der Waals surface area contributed by atoms with Crippen molar-refractivity contribution >= 4 is 56.8 Å². The highest BCUT2D eigenvalue weighted by Gasteiger charge is 2.38. The van der Waals surface area contributed by atoms with E-state index in [4.69, 9.17) is 0 Å². The van der Waals surface area contributed by atoms with E-state index in [1.54, 1.807) is 31.2 Å². The van der Waals surface area contributed by atoms with Crippen LogP contribution in [0.4, 0.5) is 20.6 Å². The van der Waals surface area contributed by atoms with Crippen LogP contribution in [-0.2, 0) is 9.59 Å². The van der Waals surface area contributed by atoms with Crippen LogP contribution in [0.3, 0.4) is 0 Å². The van der Waals surface area contributed by atoms with E-state index in [9.17, 15) is 14.4 Å². The van der Waals surface area contributed by atoms with Crippen molar-refractivity contribution in [1.82, 2.24) is 5.32 Å². The molecule has 0 unspecified atom stereocenters. The van der Waals surface area contributed by atoms with Crippen LogP contribution in [0.1, 0.15) is 50.8 Å². The van der Waals surface area contributed by atoms with Crippen LogP contribution in [0.15, 0.2) is 46.5 Å². The Morgan fingerprint density at radius 3 is 2.46 bits per heavy atom. The Kier molecular flexibility index (Phi) is 6.44. The maximum absolute atomic E-state index is 15.4. The molecule has 35 heavy (non-hydrogen) atoms. The summed E-state index contributed by atoms with van der Waals surface area (Å²) in [5, 5.41) is 2.20. The Bertz CT molecular complexity index is 1330. The Balaban J connectivity index is 1.80. The molecule has 2 aromatic carbocycles. The lowest BCUT2D eigenvalue weighted by atomic mass is 9.87. The highest BCUT2D eigenvalue weighted by Crippen LogP contribution is 2.40. The van der Waals surface area contributed by atoms with Crippen LogP contribution in [0.25, 0.3) is 11.6 Å². The van der Waals surface area contributed by atoms with E-state index >= 15 is 4.39 Å². The third-order valence-corrected chi connectivity index (χ3v) is 6.84. The zero-order valence-electron chi connectivity index (χ0n) is 20.3. The molecule has 2 aliphatic heterocycles. The molecule has 4 rings (SSSR count). The summed E-state index contributed by atoms with van der Waals surface area (Å²) < 4.78 is 16.2. The van der Waals surface area contributed by atoms with E-state index in [0.717, 1.165) is 39.2 Å². The summed E-state index contributed by atoms with van der Waals surface area (Å²) in [5.74, 6) is -2.21. The number of amides is 4. The highest BCUT2D eigenvalue weighted by molar-refractivity contribution is 9.10. The van der Waals surface area contributed by atoms with Gasteiger partial charge >= 0.3 is 6.03 Å². The molecule has 0 aliphatic carbocycles. The van der Waals surface area contributed by atoms with Crippen molar-refractivity contribution in [3.63, 3.8) is 0 Å². The summed E-state index contributed by atoms with van der Waals surface area (Å²) in [4.78, 5) is 41.5. The van der Waals surface area contributed by atoms with E-state index < -0.39 is 23.7 Å². The zero-order valence-corrected chi connectivity index (χ0v) is 21.9. The van der Waals surface area contributed by atoms with Gasteiger partial charge in [0.25, 0.3) is 11.8 Å². The molecule has 0 atom stereocenters. The van der Waals surface area contributed by atoms with Gasteiger partial charge < -0.3 is 4.90 Å². The lowest BCUT2D eigenvalue weighted by Gasteiger charge is -2.43. The van der Waals surface area contributed by atoms with Gasteiger partial charge in [0.1, 0.15) is 11.4 Å². The minimum atomic E-state index is -0.857. The van der Waals surface area contributed by atoms with Gasteiger partial charge in [-0.15, -0.1) is 0 Å². The monoisotopic (exact) mass is 539 g/mol.